The lowest BCUT2D eigenvalue weighted by atomic mass is 10.2. The Morgan fingerprint density at radius 2 is 2.27 bits per heavy atom. The van der Waals surface area contributed by atoms with Crippen molar-refractivity contribution >= 4 is 32.9 Å². The summed E-state index contributed by atoms with van der Waals surface area (Å²) in [5.41, 5.74) is 1.01. The molecule has 2 aromatic rings. The quantitative estimate of drug-likeness (QED) is 0.851. The number of nitrogens with one attached hydrogen (secondary N) is 1. The third kappa shape index (κ3) is 1.72. The van der Waals surface area contributed by atoms with Crippen LogP contribution in [0.5, 0.6) is 0 Å². The predicted octanol–water partition coefficient (Wildman–Crippen LogP) is 1.42. The molecule has 2 aromatic heterocycles. The number of amides is 1. The second kappa shape index (κ2) is 3.62. The molecule has 0 aliphatic carbocycles. The van der Waals surface area contributed by atoms with Gasteiger partial charge in [0.1, 0.15) is 0 Å². The van der Waals surface area contributed by atoms with Crippen molar-refractivity contribution in [1.82, 2.24) is 20.1 Å². The maximum atomic E-state index is 11.7. The standard InChI is InChI=1S/C9H9BrN4O/c1-14(2)9(15)7-6-3-5(10)4-11-8(6)13-12-7/h3-4H,1-2H3,(H,11,12,13). The van der Waals surface area contributed by atoms with Gasteiger partial charge in [-0.3, -0.25) is 9.89 Å². The summed E-state index contributed by atoms with van der Waals surface area (Å²) in [7, 11) is 3.38. The first-order valence-corrected chi connectivity index (χ1v) is 5.10. The average Bonchev–Trinajstić information content (AvgIpc) is 2.59. The Balaban J connectivity index is 2.62. The maximum Gasteiger partial charge on any atom is 0.274 e. The molecule has 0 spiro atoms. The zero-order valence-corrected chi connectivity index (χ0v) is 9.87. The maximum absolute atomic E-state index is 11.7. The normalized spacial score (nSPS) is 10.6. The van der Waals surface area contributed by atoms with Gasteiger partial charge in [-0.25, -0.2) is 4.98 Å². The van der Waals surface area contributed by atoms with Gasteiger partial charge in [0, 0.05) is 24.8 Å². The number of pyridine rings is 1. The molecule has 0 saturated carbocycles. The molecule has 0 aliphatic heterocycles. The van der Waals surface area contributed by atoms with E-state index < -0.39 is 0 Å². The molecule has 78 valence electrons. The summed E-state index contributed by atoms with van der Waals surface area (Å²) in [4.78, 5) is 17.3. The van der Waals surface area contributed by atoms with Crippen molar-refractivity contribution in [2.75, 3.05) is 14.1 Å². The molecule has 0 unspecified atom stereocenters. The van der Waals surface area contributed by atoms with Gasteiger partial charge in [-0.2, -0.15) is 5.10 Å². The van der Waals surface area contributed by atoms with E-state index in [9.17, 15) is 4.79 Å². The number of rotatable bonds is 1. The van der Waals surface area contributed by atoms with E-state index >= 15 is 0 Å². The van der Waals surface area contributed by atoms with Crippen LogP contribution in [0.2, 0.25) is 0 Å². The molecule has 0 aliphatic rings. The van der Waals surface area contributed by atoms with Gasteiger partial charge in [0.2, 0.25) is 0 Å². The molecule has 2 heterocycles. The van der Waals surface area contributed by atoms with E-state index in [1.807, 2.05) is 6.07 Å². The topological polar surface area (TPSA) is 61.9 Å². The van der Waals surface area contributed by atoms with E-state index in [0.717, 1.165) is 9.86 Å². The lowest BCUT2D eigenvalue weighted by Gasteiger charge is -2.07. The number of aromatic amines is 1. The zero-order valence-electron chi connectivity index (χ0n) is 8.28. The third-order valence-electron chi connectivity index (χ3n) is 1.99. The molecule has 1 N–H and O–H groups in total. The first-order valence-electron chi connectivity index (χ1n) is 4.31. The van der Waals surface area contributed by atoms with Crippen molar-refractivity contribution in [3.05, 3.63) is 22.4 Å². The van der Waals surface area contributed by atoms with E-state index in [-0.39, 0.29) is 5.91 Å². The first kappa shape index (κ1) is 10.1. The average molecular weight is 269 g/mol. The number of aromatic nitrogens is 3. The molecule has 0 fully saturated rings. The molecule has 6 heteroatoms. The first-order chi connectivity index (χ1) is 7.09. The summed E-state index contributed by atoms with van der Waals surface area (Å²) in [5, 5.41) is 7.40. The van der Waals surface area contributed by atoms with Gasteiger partial charge >= 0.3 is 0 Å². The van der Waals surface area contributed by atoms with Crippen LogP contribution in [0.4, 0.5) is 0 Å². The Morgan fingerprint density at radius 3 is 2.93 bits per heavy atom. The molecule has 0 bridgehead atoms. The van der Waals surface area contributed by atoms with Gasteiger partial charge in [-0.15, -0.1) is 0 Å². The minimum Gasteiger partial charge on any atom is -0.343 e. The summed E-state index contributed by atoms with van der Waals surface area (Å²) in [6.45, 7) is 0. The fourth-order valence-corrected chi connectivity index (χ4v) is 1.58. The Hall–Kier alpha value is -1.43. The highest BCUT2D eigenvalue weighted by Crippen LogP contribution is 2.19. The number of carbonyl (C=O) groups excluding carboxylic acids is 1. The zero-order chi connectivity index (χ0) is 11.0. The number of nitrogens with zero attached hydrogens (tertiary/aromatic N) is 3. The number of carbonyl (C=O) groups is 1. The number of halogens is 1. The fraction of sp³-hybridized carbons (Fsp3) is 0.222. The number of fused-ring (bicyclic) bond motifs is 1. The Labute approximate surface area is 94.6 Å². The molecule has 1 amide bonds. The van der Waals surface area contributed by atoms with Gasteiger partial charge in [-0.05, 0) is 22.0 Å². The SMILES string of the molecule is CN(C)C(=O)c1n[nH]c2ncc(Br)cc12. The van der Waals surface area contributed by atoms with Gasteiger partial charge in [-0.1, -0.05) is 0 Å². The van der Waals surface area contributed by atoms with Crippen LogP contribution < -0.4 is 0 Å². The molecular weight excluding hydrogens is 260 g/mol. The third-order valence-corrected chi connectivity index (χ3v) is 2.43. The molecule has 0 atom stereocenters. The van der Waals surface area contributed by atoms with Gasteiger partial charge in [0.25, 0.3) is 5.91 Å². The van der Waals surface area contributed by atoms with Crippen LogP contribution in [0.15, 0.2) is 16.7 Å². The smallest absolute Gasteiger partial charge is 0.274 e. The molecule has 0 aromatic carbocycles. The fourth-order valence-electron chi connectivity index (χ4n) is 1.25. The number of hydrogen-bond acceptors (Lipinski definition) is 3. The van der Waals surface area contributed by atoms with E-state index in [0.29, 0.717) is 11.3 Å². The monoisotopic (exact) mass is 268 g/mol. The molecular formula is C9H9BrN4O. The van der Waals surface area contributed by atoms with Crippen molar-refractivity contribution in [2.24, 2.45) is 0 Å². The molecule has 0 saturated heterocycles. The van der Waals surface area contributed by atoms with Crippen molar-refractivity contribution in [2.45, 2.75) is 0 Å². The van der Waals surface area contributed by atoms with Crippen molar-refractivity contribution < 1.29 is 4.79 Å². The van der Waals surface area contributed by atoms with Gasteiger partial charge in [0.05, 0.1) is 5.39 Å². The summed E-state index contributed by atoms with van der Waals surface area (Å²) in [6, 6.07) is 1.82. The highest BCUT2D eigenvalue weighted by atomic mass is 79.9. The van der Waals surface area contributed by atoms with Crippen LogP contribution in [0.1, 0.15) is 10.5 Å². The van der Waals surface area contributed by atoms with Crippen LogP contribution in [-0.4, -0.2) is 40.1 Å². The predicted molar refractivity (Wildman–Crippen MR) is 59.6 cm³/mol. The highest BCUT2D eigenvalue weighted by Gasteiger charge is 2.16. The van der Waals surface area contributed by atoms with E-state index in [2.05, 4.69) is 31.1 Å². The molecule has 5 nitrogen and oxygen atoms in total. The van der Waals surface area contributed by atoms with Gasteiger partial charge < -0.3 is 4.90 Å². The van der Waals surface area contributed by atoms with Crippen LogP contribution in [0, 0.1) is 0 Å². The Kier molecular flexibility index (Phi) is 2.44. The van der Waals surface area contributed by atoms with Crippen molar-refractivity contribution in [1.29, 1.82) is 0 Å². The van der Waals surface area contributed by atoms with Crippen LogP contribution in [0.25, 0.3) is 11.0 Å². The summed E-state index contributed by atoms with van der Waals surface area (Å²) in [5.74, 6) is -0.138. The molecule has 0 radical (unpaired) electrons. The van der Waals surface area contributed by atoms with Crippen LogP contribution >= 0.6 is 15.9 Å². The Morgan fingerprint density at radius 1 is 1.53 bits per heavy atom. The highest BCUT2D eigenvalue weighted by molar-refractivity contribution is 9.10. The van der Waals surface area contributed by atoms with E-state index in [1.54, 1.807) is 20.3 Å². The Bertz CT molecular complexity index is 520. The van der Waals surface area contributed by atoms with Gasteiger partial charge in [0.15, 0.2) is 11.3 Å². The second-order valence-electron chi connectivity index (χ2n) is 3.32. The second-order valence-corrected chi connectivity index (χ2v) is 4.24. The van der Waals surface area contributed by atoms with Crippen LogP contribution in [-0.2, 0) is 0 Å². The van der Waals surface area contributed by atoms with E-state index in [4.69, 9.17) is 0 Å². The van der Waals surface area contributed by atoms with Crippen LogP contribution in [0.3, 0.4) is 0 Å². The minimum atomic E-state index is -0.138. The van der Waals surface area contributed by atoms with Crippen molar-refractivity contribution in [3.63, 3.8) is 0 Å². The largest absolute Gasteiger partial charge is 0.343 e. The molecule has 2 rings (SSSR count). The minimum absolute atomic E-state index is 0.138. The molecule has 15 heavy (non-hydrogen) atoms. The lowest BCUT2D eigenvalue weighted by molar-refractivity contribution is 0.0824. The summed E-state index contributed by atoms with van der Waals surface area (Å²) >= 11 is 3.31. The summed E-state index contributed by atoms with van der Waals surface area (Å²) < 4.78 is 0.823. The number of H-pyrrole nitrogens is 1. The summed E-state index contributed by atoms with van der Waals surface area (Å²) in [6.07, 6.45) is 1.66. The number of hydrogen-bond donors (Lipinski definition) is 1. The van der Waals surface area contributed by atoms with E-state index in [1.165, 1.54) is 4.90 Å². The van der Waals surface area contributed by atoms with Crippen molar-refractivity contribution in [3.8, 4) is 0 Å². The lowest BCUT2D eigenvalue weighted by Crippen LogP contribution is -2.22.